The number of ketones is 1. The van der Waals surface area contributed by atoms with E-state index in [1.165, 1.54) is 38.4 Å². The topological polar surface area (TPSA) is 664 Å². The summed E-state index contributed by atoms with van der Waals surface area (Å²) in [5.74, 6) is -14.4. The Hall–Kier alpha value is -12.9. The van der Waals surface area contributed by atoms with Crippen molar-refractivity contribution in [2.45, 2.75) is 211 Å². The van der Waals surface area contributed by atoms with Gasteiger partial charge in [-0.05, 0) is 142 Å². The Morgan fingerprint density at radius 1 is 0.556 bits per heavy atom. The number of halogens is 1. The zero-order valence-electron chi connectivity index (χ0n) is 81.3. The van der Waals surface area contributed by atoms with Crippen LogP contribution < -0.4 is 63.6 Å². The summed E-state index contributed by atoms with van der Waals surface area (Å²) < 4.78 is 65.6. The fourth-order valence-corrected chi connectivity index (χ4v) is 13.9. The standard InChI is InChI=1S/C95H137FN20O26/c1-8-35-134-38-40-136-42-44-138-46-48-140-50-51-141-49-47-139-45-43-137-41-39-135-37-32-80(121)101-57-65-21-19-63(20-22-65)15-14-18-73(85(97)125)104-86(126)75(52-64-23-25-67(26-24-64)71-28-27-70(53-66(71)9-2)142-36-13-12-33-103-114-98)105-87(127)76(55-82(123)124)106-88(128)77(59-117)107-89(129)83(61(3)118)110-93(133)95(7,56-68-16-10-11-17-72(68)96)111-90(130)84(62(4)119)109-81(122)30-29-78(120)74(54-79-112-115-116-113-79)108-92(132)94(5,6)91(131)100-34-31-69-58-99-60-102-69/h10-11,16-17,19-28,53,58,60-62,73-77,83-84,117-119H,8-9,12-15,18,29-52,54-57,59H2,1-7H3,(H2,97,125)(H,99,102)(H,100,131)(H,101,121)(H,104,126)(H,105,127)(H,106,128)(H,107,129)(H,108,132)(H,109,122)(H,110,133)(H,111,130)(H,123,124)(H,112,113,115,116)/t61-,62-,73+,74+,75+,76+,77+,83+,84+,95+/m1/s1. The van der Waals surface area contributed by atoms with Crippen molar-refractivity contribution in [3.05, 3.63) is 159 Å². The SMILES string of the molecule is CCCOCCOCCOCCOCCOCCOCCOCCOCCC(=O)NCc1ccc(CCC[C@H](NC(=O)[C@H](Cc2ccc(-c3ccc(OCCCCN=[N+]=[N-])cc3CC)cc2)NC(=O)[C@H](CC(=O)O)NC(=O)[C@H](CO)NC(=O)[C@@H](NC(=O)[C@](C)(Cc2ccccc2F)NC(=O)[C@@H](NC(=O)CCC(=O)[C@H](Cc2nn[nH]n2)NC(=O)C(C)(C)C(=O)NCCc2cnc[nH]2)[C@@H](C)O)[C@@H](C)O)C(N)=O)cc1. The van der Waals surface area contributed by atoms with Crippen LogP contribution in [0.3, 0.4) is 0 Å². The lowest BCUT2D eigenvalue weighted by atomic mass is 9.89. The van der Waals surface area contributed by atoms with Crippen molar-refractivity contribution in [1.82, 2.24) is 83.8 Å². The van der Waals surface area contributed by atoms with Gasteiger partial charge in [0.25, 0.3) is 0 Å². The number of aromatic nitrogens is 6. The third kappa shape index (κ3) is 44.1. The number of carbonyl (C=O) groups is 13. The normalized spacial score (nSPS) is 13.7. The smallest absolute Gasteiger partial charge is 0.305 e. The molecule has 47 heteroatoms. The zero-order valence-corrected chi connectivity index (χ0v) is 81.3. The predicted octanol–water partition coefficient (Wildman–Crippen LogP) is 1.08. The van der Waals surface area contributed by atoms with Crippen molar-refractivity contribution < 1.29 is 130 Å². The lowest BCUT2D eigenvalue weighted by Crippen LogP contribution is -2.66. The summed E-state index contributed by atoms with van der Waals surface area (Å²) in [6.45, 7) is 16.4. The molecule has 4 aromatic carbocycles. The molecule has 18 N–H and O–H groups in total. The number of primary amides is 1. The maximum Gasteiger partial charge on any atom is 0.305 e. The molecule has 10 atom stereocenters. The number of carboxylic acid groups (broad SMARTS) is 1. The maximum absolute atomic E-state index is 15.6. The first kappa shape index (κ1) is 118. The van der Waals surface area contributed by atoms with Crippen molar-refractivity contribution in [2.75, 3.05) is 132 Å². The van der Waals surface area contributed by atoms with Gasteiger partial charge in [-0.1, -0.05) is 97.0 Å². The van der Waals surface area contributed by atoms with Gasteiger partial charge >= 0.3 is 5.97 Å². The number of rotatable bonds is 75. The number of aliphatic carboxylic acids is 1. The molecule has 0 saturated carbocycles. The highest BCUT2D eigenvalue weighted by Crippen LogP contribution is 2.30. The number of tetrazole rings is 1. The van der Waals surface area contributed by atoms with Gasteiger partial charge in [0.15, 0.2) is 11.6 Å². The van der Waals surface area contributed by atoms with E-state index in [9.17, 15) is 82.8 Å². The van der Waals surface area contributed by atoms with E-state index in [0.717, 1.165) is 67.7 Å². The predicted molar refractivity (Wildman–Crippen MR) is 510 cm³/mol. The van der Waals surface area contributed by atoms with Crippen LogP contribution in [-0.4, -0.2) is 320 Å². The number of amides is 11. The second kappa shape index (κ2) is 65.2. The third-order valence-electron chi connectivity index (χ3n) is 22.1. The van der Waals surface area contributed by atoms with Crippen LogP contribution in [0.4, 0.5) is 4.39 Å². The van der Waals surface area contributed by atoms with E-state index in [-0.39, 0.29) is 75.7 Å². The molecule has 0 aliphatic carbocycles. The quantitative estimate of drug-likeness (QED) is 0.00835. The number of hydrogen-bond donors (Lipinski definition) is 17. The number of nitrogens with zero attached hydrogens (tertiary/aromatic N) is 7. The number of H-pyrrole nitrogens is 2. The Morgan fingerprint density at radius 3 is 1.69 bits per heavy atom. The number of aliphatic hydroxyl groups excluding tert-OH is 3. The van der Waals surface area contributed by atoms with Crippen molar-refractivity contribution in [3.63, 3.8) is 0 Å². The number of aliphatic hydroxyl groups is 3. The molecular weight excluding hydrogens is 1860 g/mol. The summed E-state index contributed by atoms with van der Waals surface area (Å²) in [5.41, 5.74) is 15.4. The molecule has 11 amide bonds. The highest BCUT2D eigenvalue weighted by molar-refractivity contribution is 6.06. The maximum atomic E-state index is 15.6. The number of nitrogens with one attached hydrogen (secondary N) is 12. The number of aryl methyl sites for hydroxylation is 2. The zero-order chi connectivity index (χ0) is 104. The lowest BCUT2D eigenvalue weighted by Gasteiger charge is -2.34. The molecule has 780 valence electrons. The van der Waals surface area contributed by atoms with E-state index >= 15 is 4.39 Å². The molecular formula is C95H137FN20O26. The molecule has 6 rings (SSSR count). The van der Waals surface area contributed by atoms with Crippen molar-refractivity contribution >= 4 is 76.7 Å². The van der Waals surface area contributed by atoms with Crippen LogP contribution in [0.25, 0.3) is 21.6 Å². The minimum atomic E-state index is -2.42. The number of azide groups is 1. The van der Waals surface area contributed by atoms with Gasteiger partial charge in [-0.2, -0.15) is 5.21 Å². The van der Waals surface area contributed by atoms with E-state index < -0.39 is 174 Å². The highest BCUT2D eigenvalue weighted by atomic mass is 19.1. The first-order chi connectivity index (χ1) is 68.2. The van der Waals surface area contributed by atoms with Gasteiger partial charge in [-0.15, -0.1) is 10.2 Å². The minimum absolute atomic E-state index is 0.0215. The number of carbonyl (C=O) groups excluding carboxylic acids is 12. The summed E-state index contributed by atoms with van der Waals surface area (Å²) in [4.78, 5) is 190. The number of Topliss-reactive ketones (excluding diaryl/α,β-unsaturated/α-hetero) is 1. The van der Waals surface area contributed by atoms with Gasteiger partial charge < -0.3 is 127 Å². The molecule has 0 saturated heterocycles. The van der Waals surface area contributed by atoms with Gasteiger partial charge in [-0.25, -0.2) is 9.37 Å². The molecule has 0 unspecified atom stereocenters. The summed E-state index contributed by atoms with van der Waals surface area (Å²) >= 11 is 0. The molecule has 0 fully saturated rings. The first-order valence-corrected chi connectivity index (χ1v) is 47.2. The Kier molecular flexibility index (Phi) is 54.1. The fraction of sp³-hybridized carbons (Fsp3) is 0.568. The number of ether oxygens (including phenoxy) is 9. The summed E-state index contributed by atoms with van der Waals surface area (Å²) in [6.07, 6.45) is -0.713. The highest BCUT2D eigenvalue weighted by Gasteiger charge is 2.44. The Morgan fingerprint density at radius 2 is 1.13 bits per heavy atom. The Balaban J connectivity index is 1.07. The Labute approximate surface area is 822 Å². The monoisotopic (exact) mass is 1990 g/mol. The van der Waals surface area contributed by atoms with Crippen LogP contribution >= 0.6 is 0 Å². The van der Waals surface area contributed by atoms with E-state index in [1.54, 1.807) is 36.5 Å². The van der Waals surface area contributed by atoms with Crippen molar-refractivity contribution in [3.8, 4) is 16.9 Å². The van der Waals surface area contributed by atoms with Crippen LogP contribution in [0.2, 0.25) is 0 Å². The molecule has 2 aromatic heterocycles. The van der Waals surface area contributed by atoms with Gasteiger partial charge in [-0.3, -0.25) is 62.3 Å². The number of carboxylic acids is 1. The van der Waals surface area contributed by atoms with Gasteiger partial charge in [0, 0.05) is 88.0 Å². The molecule has 6 aromatic rings. The molecule has 0 bridgehead atoms. The summed E-state index contributed by atoms with van der Waals surface area (Å²) in [5, 5.41) is 84.6. The average molecular weight is 1990 g/mol. The number of imidazole rings is 1. The number of benzene rings is 4. The molecule has 0 radical (unpaired) electrons. The first-order valence-electron chi connectivity index (χ1n) is 47.2. The van der Waals surface area contributed by atoms with Gasteiger partial charge in [0.2, 0.25) is 65.0 Å². The largest absolute Gasteiger partial charge is 0.494 e. The molecule has 2 heterocycles. The third-order valence-corrected chi connectivity index (χ3v) is 22.1. The van der Waals surface area contributed by atoms with Crippen LogP contribution in [0.1, 0.15) is 146 Å². The second-order valence-electron chi connectivity index (χ2n) is 33.9. The molecule has 0 aliphatic heterocycles. The molecule has 142 heavy (non-hydrogen) atoms. The van der Waals surface area contributed by atoms with Gasteiger partial charge in [0.1, 0.15) is 58.8 Å². The Bertz CT molecular complexity index is 4940. The van der Waals surface area contributed by atoms with E-state index in [4.69, 9.17) is 53.9 Å². The van der Waals surface area contributed by atoms with E-state index in [0.29, 0.717) is 148 Å². The van der Waals surface area contributed by atoms with E-state index in [1.807, 2.05) is 43.3 Å². The van der Waals surface area contributed by atoms with Gasteiger partial charge in [0.05, 0.1) is 143 Å². The van der Waals surface area contributed by atoms with Crippen LogP contribution in [0.5, 0.6) is 5.75 Å². The summed E-state index contributed by atoms with van der Waals surface area (Å²) in [6, 6.07) is 11.9. The van der Waals surface area contributed by atoms with Crippen LogP contribution in [0, 0.1) is 11.2 Å². The molecule has 0 aliphatic rings. The minimum Gasteiger partial charge on any atom is -0.494 e. The number of aromatic amines is 2. The van der Waals surface area contributed by atoms with E-state index in [2.05, 4.69) is 101 Å². The summed E-state index contributed by atoms with van der Waals surface area (Å²) in [7, 11) is 0. The number of unbranched alkanes of at least 4 members (excludes halogenated alkanes) is 1. The average Bonchev–Trinajstić information content (AvgIpc) is 0.910. The number of nitrogens with two attached hydrogens (primary N) is 1. The fourth-order valence-electron chi connectivity index (χ4n) is 13.9. The molecule has 46 nitrogen and oxygen atoms in total. The van der Waals surface area contributed by atoms with Crippen molar-refractivity contribution in [1.29, 1.82) is 0 Å². The van der Waals surface area contributed by atoms with Crippen LogP contribution in [-0.2, 0) is 145 Å². The second-order valence-corrected chi connectivity index (χ2v) is 33.9. The number of hydrogen-bond acceptors (Lipinski definition) is 30. The lowest BCUT2D eigenvalue weighted by molar-refractivity contribution is -0.143. The van der Waals surface area contributed by atoms with Crippen LogP contribution in [0.15, 0.2) is 109 Å². The molecule has 0 spiro atoms. The van der Waals surface area contributed by atoms with Crippen molar-refractivity contribution in [2.24, 2.45) is 16.3 Å².